The highest BCUT2D eigenvalue weighted by atomic mass is 16.2. The molecule has 5 heteroatoms. The Morgan fingerprint density at radius 1 is 1.20 bits per heavy atom. The van der Waals surface area contributed by atoms with Crippen LogP contribution in [0.1, 0.15) is 10.4 Å². The van der Waals surface area contributed by atoms with E-state index in [1.807, 2.05) is 42.3 Å². The minimum absolute atomic E-state index is 0.0680. The van der Waals surface area contributed by atoms with E-state index in [9.17, 15) is 4.79 Å². The average Bonchev–Trinajstić information content (AvgIpc) is 2.90. The number of nitrogens with zero attached hydrogens (tertiary/aromatic N) is 3. The quantitative estimate of drug-likeness (QED) is 0.890. The number of hydrogen-bond acceptors (Lipinski definition) is 3. The third-order valence-corrected chi connectivity index (χ3v) is 3.62. The second-order valence-corrected chi connectivity index (χ2v) is 4.94. The number of nitrogens with one attached hydrogen (secondary N) is 1. The Labute approximate surface area is 118 Å². The molecule has 1 amide bonds. The molecule has 1 fully saturated rings. The first-order valence-corrected chi connectivity index (χ1v) is 6.85. The summed E-state index contributed by atoms with van der Waals surface area (Å²) in [6.07, 6.45) is 1.67. The molecule has 3 rings (SSSR count). The number of benzene rings is 1. The van der Waals surface area contributed by atoms with Crippen molar-refractivity contribution >= 4 is 5.91 Å². The number of piperazine rings is 1. The molecule has 1 aromatic carbocycles. The second kappa shape index (κ2) is 5.46. The van der Waals surface area contributed by atoms with Crippen molar-refractivity contribution in [3.63, 3.8) is 0 Å². The van der Waals surface area contributed by atoms with Gasteiger partial charge in [0.2, 0.25) is 0 Å². The number of amides is 1. The molecule has 104 valence electrons. The number of carbonyl (C=O) groups excluding carboxylic acids is 1. The summed E-state index contributed by atoms with van der Waals surface area (Å²) in [5.41, 5.74) is 2.58. The third kappa shape index (κ3) is 2.32. The van der Waals surface area contributed by atoms with E-state index in [4.69, 9.17) is 0 Å². The molecule has 0 spiro atoms. The van der Waals surface area contributed by atoms with Crippen molar-refractivity contribution in [1.82, 2.24) is 20.0 Å². The zero-order chi connectivity index (χ0) is 13.9. The molecule has 0 aliphatic carbocycles. The van der Waals surface area contributed by atoms with Gasteiger partial charge < -0.3 is 10.2 Å². The molecular formula is C15H18N4O. The van der Waals surface area contributed by atoms with Crippen LogP contribution in [0.4, 0.5) is 0 Å². The Morgan fingerprint density at radius 2 is 1.90 bits per heavy atom. The van der Waals surface area contributed by atoms with Gasteiger partial charge in [-0.3, -0.25) is 9.48 Å². The van der Waals surface area contributed by atoms with E-state index in [0.717, 1.165) is 37.4 Å². The Bertz CT molecular complexity index is 600. The highest BCUT2D eigenvalue weighted by Gasteiger charge is 2.23. The van der Waals surface area contributed by atoms with E-state index in [2.05, 4.69) is 10.4 Å². The number of rotatable bonds is 2. The average molecular weight is 270 g/mol. The van der Waals surface area contributed by atoms with Crippen molar-refractivity contribution in [2.24, 2.45) is 7.05 Å². The zero-order valence-corrected chi connectivity index (χ0v) is 11.5. The summed E-state index contributed by atoms with van der Waals surface area (Å²) in [7, 11) is 1.87. The van der Waals surface area contributed by atoms with Crippen LogP contribution >= 0.6 is 0 Å². The van der Waals surface area contributed by atoms with Gasteiger partial charge in [0, 0.05) is 38.8 Å². The largest absolute Gasteiger partial charge is 0.336 e. The fraction of sp³-hybridized carbons (Fsp3) is 0.333. The Balaban J connectivity index is 1.96. The Morgan fingerprint density at radius 3 is 2.60 bits per heavy atom. The lowest BCUT2D eigenvalue weighted by Crippen LogP contribution is -2.46. The molecule has 2 heterocycles. The summed E-state index contributed by atoms with van der Waals surface area (Å²) < 4.78 is 1.77. The fourth-order valence-corrected chi connectivity index (χ4v) is 2.57. The van der Waals surface area contributed by atoms with Crippen molar-refractivity contribution < 1.29 is 4.79 Å². The lowest BCUT2D eigenvalue weighted by atomic mass is 10.1. The number of aromatic nitrogens is 2. The van der Waals surface area contributed by atoms with Crippen molar-refractivity contribution in [3.8, 4) is 11.3 Å². The van der Waals surface area contributed by atoms with E-state index in [1.54, 1.807) is 10.9 Å². The van der Waals surface area contributed by atoms with Gasteiger partial charge in [0.15, 0.2) is 0 Å². The third-order valence-electron chi connectivity index (χ3n) is 3.62. The monoisotopic (exact) mass is 270 g/mol. The van der Waals surface area contributed by atoms with Gasteiger partial charge in [0.1, 0.15) is 0 Å². The van der Waals surface area contributed by atoms with Crippen LogP contribution in [0.3, 0.4) is 0 Å². The summed E-state index contributed by atoms with van der Waals surface area (Å²) in [6.45, 7) is 3.21. The minimum atomic E-state index is 0.0680. The van der Waals surface area contributed by atoms with Crippen molar-refractivity contribution in [2.75, 3.05) is 26.2 Å². The summed E-state index contributed by atoms with van der Waals surface area (Å²) in [5.74, 6) is 0.0680. The Kier molecular flexibility index (Phi) is 3.52. The molecule has 0 unspecified atom stereocenters. The molecule has 1 saturated heterocycles. The van der Waals surface area contributed by atoms with Gasteiger partial charge in [0.05, 0.1) is 17.5 Å². The van der Waals surface area contributed by atoms with Gasteiger partial charge in [-0.05, 0) is 0 Å². The molecule has 20 heavy (non-hydrogen) atoms. The highest BCUT2D eigenvalue weighted by Crippen LogP contribution is 2.24. The number of aryl methyl sites for hydroxylation is 1. The molecule has 1 aliphatic heterocycles. The van der Waals surface area contributed by atoms with E-state index >= 15 is 0 Å². The lowest BCUT2D eigenvalue weighted by molar-refractivity contribution is 0.0736. The Hall–Kier alpha value is -2.14. The zero-order valence-electron chi connectivity index (χ0n) is 11.5. The van der Waals surface area contributed by atoms with E-state index < -0.39 is 0 Å². The van der Waals surface area contributed by atoms with Crippen LogP contribution in [0.5, 0.6) is 0 Å². The first-order chi connectivity index (χ1) is 9.77. The topological polar surface area (TPSA) is 50.2 Å². The predicted octanol–water partition coefficient (Wildman–Crippen LogP) is 1.13. The molecule has 0 radical (unpaired) electrons. The molecule has 0 saturated carbocycles. The van der Waals surface area contributed by atoms with Crippen LogP contribution in [-0.2, 0) is 7.05 Å². The summed E-state index contributed by atoms with van der Waals surface area (Å²) >= 11 is 0. The molecule has 5 nitrogen and oxygen atoms in total. The number of hydrogen-bond donors (Lipinski definition) is 1. The van der Waals surface area contributed by atoms with Gasteiger partial charge >= 0.3 is 0 Å². The summed E-state index contributed by atoms with van der Waals surface area (Å²) in [5, 5.41) is 7.52. The SMILES string of the molecule is Cn1ncc(C(=O)N2CCNCC2)c1-c1ccccc1. The maximum absolute atomic E-state index is 12.7. The van der Waals surface area contributed by atoms with E-state index in [-0.39, 0.29) is 5.91 Å². The van der Waals surface area contributed by atoms with Crippen LogP contribution in [0.25, 0.3) is 11.3 Å². The van der Waals surface area contributed by atoms with Crippen LogP contribution in [-0.4, -0.2) is 46.8 Å². The van der Waals surface area contributed by atoms with Crippen LogP contribution in [0.15, 0.2) is 36.5 Å². The minimum Gasteiger partial charge on any atom is -0.336 e. The fourth-order valence-electron chi connectivity index (χ4n) is 2.57. The van der Waals surface area contributed by atoms with Gasteiger partial charge in [-0.15, -0.1) is 0 Å². The molecule has 1 aromatic heterocycles. The van der Waals surface area contributed by atoms with Crippen molar-refractivity contribution in [1.29, 1.82) is 0 Å². The molecule has 0 bridgehead atoms. The van der Waals surface area contributed by atoms with E-state index in [1.165, 1.54) is 0 Å². The molecule has 2 aromatic rings. The lowest BCUT2D eigenvalue weighted by Gasteiger charge is -2.27. The first-order valence-electron chi connectivity index (χ1n) is 6.85. The smallest absolute Gasteiger partial charge is 0.257 e. The second-order valence-electron chi connectivity index (χ2n) is 4.94. The highest BCUT2D eigenvalue weighted by molar-refractivity contribution is 6.00. The van der Waals surface area contributed by atoms with Crippen LogP contribution < -0.4 is 5.32 Å². The normalized spacial score (nSPS) is 15.3. The van der Waals surface area contributed by atoms with Crippen LogP contribution in [0, 0.1) is 0 Å². The van der Waals surface area contributed by atoms with Crippen molar-refractivity contribution in [3.05, 3.63) is 42.1 Å². The van der Waals surface area contributed by atoms with Gasteiger partial charge in [-0.25, -0.2) is 0 Å². The van der Waals surface area contributed by atoms with Gasteiger partial charge in [0.25, 0.3) is 5.91 Å². The summed E-state index contributed by atoms with van der Waals surface area (Å²) in [6, 6.07) is 9.93. The van der Waals surface area contributed by atoms with E-state index in [0.29, 0.717) is 5.56 Å². The molecule has 1 aliphatic rings. The van der Waals surface area contributed by atoms with Gasteiger partial charge in [-0.2, -0.15) is 5.10 Å². The van der Waals surface area contributed by atoms with Gasteiger partial charge in [-0.1, -0.05) is 30.3 Å². The maximum Gasteiger partial charge on any atom is 0.257 e. The maximum atomic E-state index is 12.7. The standard InChI is InChI=1S/C15H18N4O/c1-18-14(12-5-3-2-4-6-12)13(11-17-18)15(20)19-9-7-16-8-10-19/h2-6,11,16H,7-10H2,1H3. The predicted molar refractivity (Wildman–Crippen MR) is 77.4 cm³/mol. The van der Waals surface area contributed by atoms with Crippen LogP contribution in [0.2, 0.25) is 0 Å². The number of carbonyl (C=O) groups is 1. The molecular weight excluding hydrogens is 252 g/mol. The molecule has 1 N–H and O–H groups in total. The summed E-state index contributed by atoms with van der Waals surface area (Å²) in [4.78, 5) is 14.5. The first kappa shape index (κ1) is 12.9. The van der Waals surface area contributed by atoms with Crippen molar-refractivity contribution in [2.45, 2.75) is 0 Å². The molecule has 0 atom stereocenters.